The molecule has 6 heteroatoms. The van der Waals surface area contributed by atoms with Crippen molar-refractivity contribution in [1.29, 1.82) is 0 Å². The molecule has 1 aliphatic rings. The van der Waals surface area contributed by atoms with Crippen LogP contribution in [0.3, 0.4) is 0 Å². The van der Waals surface area contributed by atoms with E-state index in [9.17, 15) is 0 Å². The lowest BCUT2D eigenvalue weighted by Gasteiger charge is -2.02. The highest BCUT2D eigenvalue weighted by molar-refractivity contribution is 5.36. The molecule has 0 unspecified atom stereocenters. The Labute approximate surface area is 127 Å². The first-order valence-electron chi connectivity index (χ1n) is 7.38. The summed E-state index contributed by atoms with van der Waals surface area (Å²) in [7, 11) is 0. The summed E-state index contributed by atoms with van der Waals surface area (Å²) in [6.07, 6.45) is 1.50. The highest BCUT2D eigenvalue weighted by Crippen LogP contribution is 2.54. The van der Waals surface area contributed by atoms with Crippen molar-refractivity contribution in [2.24, 2.45) is 0 Å². The number of rotatable bonds is 4. The molecule has 3 aromatic rings. The van der Waals surface area contributed by atoms with Crippen LogP contribution in [0.5, 0.6) is 0 Å². The molecule has 1 saturated carbocycles. The van der Waals surface area contributed by atoms with Crippen LogP contribution >= 0.6 is 0 Å². The van der Waals surface area contributed by atoms with Crippen LogP contribution in [0.4, 0.5) is 0 Å². The van der Waals surface area contributed by atoms with Gasteiger partial charge in [-0.1, -0.05) is 34.6 Å². The number of nitrogens with zero attached hydrogens (tertiary/aromatic N) is 4. The van der Waals surface area contributed by atoms with Gasteiger partial charge in [0, 0.05) is 12.8 Å². The Morgan fingerprint density at radius 3 is 2.55 bits per heavy atom. The molecule has 112 valence electrons. The second-order valence-electron chi connectivity index (χ2n) is 5.76. The van der Waals surface area contributed by atoms with Crippen LogP contribution in [0.15, 0.2) is 33.3 Å². The van der Waals surface area contributed by atoms with E-state index in [0.29, 0.717) is 41.7 Å². The Hall–Kier alpha value is -2.50. The Morgan fingerprint density at radius 2 is 1.77 bits per heavy atom. The van der Waals surface area contributed by atoms with Crippen molar-refractivity contribution in [3.8, 4) is 0 Å². The highest BCUT2D eigenvalue weighted by atomic mass is 16.5. The normalized spacial score (nSPS) is 20.3. The van der Waals surface area contributed by atoms with Crippen molar-refractivity contribution in [3.63, 3.8) is 0 Å². The molecule has 4 rings (SSSR count). The smallest absolute Gasteiger partial charge is 0.230 e. The van der Waals surface area contributed by atoms with Gasteiger partial charge < -0.3 is 9.05 Å². The molecule has 2 atom stereocenters. The molecule has 0 bridgehead atoms. The summed E-state index contributed by atoms with van der Waals surface area (Å²) >= 11 is 0. The average molecular weight is 296 g/mol. The summed E-state index contributed by atoms with van der Waals surface area (Å²) in [5, 5.41) is 7.87. The number of hydrogen-bond acceptors (Lipinski definition) is 6. The summed E-state index contributed by atoms with van der Waals surface area (Å²) in [5.41, 5.74) is 2.69. The first-order chi connectivity index (χ1) is 10.7. The van der Waals surface area contributed by atoms with E-state index in [0.717, 1.165) is 6.42 Å². The van der Waals surface area contributed by atoms with Gasteiger partial charge in [0.25, 0.3) is 0 Å². The van der Waals surface area contributed by atoms with Crippen LogP contribution in [0, 0.1) is 13.8 Å². The first kappa shape index (κ1) is 13.2. The van der Waals surface area contributed by atoms with Crippen molar-refractivity contribution in [2.75, 3.05) is 0 Å². The fourth-order valence-electron chi connectivity index (χ4n) is 2.86. The van der Waals surface area contributed by atoms with Gasteiger partial charge in [0.05, 0.1) is 6.42 Å². The van der Waals surface area contributed by atoms with Crippen molar-refractivity contribution in [3.05, 3.63) is 58.8 Å². The third-order valence-corrected chi connectivity index (χ3v) is 4.07. The molecule has 0 saturated heterocycles. The number of benzene rings is 1. The lowest BCUT2D eigenvalue weighted by molar-refractivity contribution is 0.372. The maximum atomic E-state index is 5.41. The zero-order valence-corrected chi connectivity index (χ0v) is 12.5. The van der Waals surface area contributed by atoms with E-state index in [-0.39, 0.29) is 0 Å². The predicted octanol–water partition coefficient (Wildman–Crippen LogP) is 2.93. The minimum atomic E-state index is 0.328. The van der Waals surface area contributed by atoms with E-state index in [2.05, 4.69) is 51.5 Å². The number of aryl methyl sites for hydroxylation is 2. The molecular formula is C16H16N4O2. The molecule has 1 aliphatic carbocycles. The summed E-state index contributed by atoms with van der Waals surface area (Å²) < 4.78 is 10.4. The van der Waals surface area contributed by atoms with Crippen LogP contribution in [-0.2, 0) is 6.42 Å². The Bertz CT molecular complexity index is 808. The fraction of sp³-hybridized carbons (Fsp3) is 0.375. The minimum Gasteiger partial charge on any atom is -0.340 e. The van der Waals surface area contributed by atoms with Crippen molar-refractivity contribution in [2.45, 2.75) is 38.5 Å². The lowest BCUT2D eigenvalue weighted by atomic mass is 10.0. The van der Waals surface area contributed by atoms with Crippen molar-refractivity contribution >= 4 is 0 Å². The van der Waals surface area contributed by atoms with Crippen LogP contribution < -0.4 is 0 Å². The maximum absolute atomic E-state index is 5.41. The van der Waals surface area contributed by atoms with Gasteiger partial charge in [0.15, 0.2) is 11.6 Å². The van der Waals surface area contributed by atoms with Gasteiger partial charge in [0.2, 0.25) is 11.8 Å². The molecule has 0 aliphatic heterocycles. The average Bonchev–Trinajstić information content (AvgIpc) is 2.97. The van der Waals surface area contributed by atoms with Crippen LogP contribution in [-0.4, -0.2) is 20.3 Å². The Balaban J connectivity index is 1.48. The third kappa shape index (κ3) is 2.41. The van der Waals surface area contributed by atoms with E-state index >= 15 is 0 Å². The molecular weight excluding hydrogens is 280 g/mol. The molecule has 22 heavy (non-hydrogen) atoms. The molecule has 0 radical (unpaired) electrons. The van der Waals surface area contributed by atoms with Crippen molar-refractivity contribution in [1.82, 2.24) is 20.3 Å². The molecule has 0 amide bonds. The lowest BCUT2D eigenvalue weighted by Crippen LogP contribution is -1.94. The standard InChI is InChI=1S/C16H16N4O2/c1-9-5-3-4-6-11(9)12-7-13(12)16-18-15(20-22-16)8-14-17-10(2)21-19-14/h3-6,12-13H,7-8H2,1-2H3/t12-,13+/m0/s1. The zero-order chi connectivity index (χ0) is 15.1. The molecule has 1 aromatic carbocycles. The fourth-order valence-corrected chi connectivity index (χ4v) is 2.86. The van der Waals surface area contributed by atoms with Gasteiger partial charge in [-0.15, -0.1) is 0 Å². The molecule has 2 heterocycles. The van der Waals surface area contributed by atoms with Gasteiger partial charge in [-0.3, -0.25) is 0 Å². The van der Waals surface area contributed by atoms with Crippen LogP contribution in [0.25, 0.3) is 0 Å². The van der Waals surface area contributed by atoms with Crippen LogP contribution in [0.1, 0.15) is 52.8 Å². The SMILES string of the molecule is Cc1nc(Cc2noc([C@@H]3C[C@H]3c3ccccc3C)n2)no1. The molecule has 2 aromatic heterocycles. The topological polar surface area (TPSA) is 77.8 Å². The van der Waals surface area contributed by atoms with E-state index in [1.165, 1.54) is 11.1 Å². The van der Waals surface area contributed by atoms with E-state index in [1.54, 1.807) is 6.92 Å². The highest BCUT2D eigenvalue weighted by Gasteiger charge is 2.44. The third-order valence-electron chi connectivity index (χ3n) is 4.07. The van der Waals surface area contributed by atoms with E-state index in [4.69, 9.17) is 9.05 Å². The largest absolute Gasteiger partial charge is 0.340 e. The van der Waals surface area contributed by atoms with Gasteiger partial charge >= 0.3 is 0 Å². The summed E-state index contributed by atoms with van der Waals surface area (Å²) in [5.74, 6) is 3.25. The summed E-state index contributed by atoms with van der Waals surface area (Å²) in [6, 6.07) is 8.46. The molecule has 0 spiro atoms. The van der Waals surface area contributed by atoms with Crippen LogP contribution in [0.2, 0.25) is 0 Å². The summed E-state index contributed by atoms with van der Waals surface area (Å²) in [6.45, 7) is 3.90. The monoisotopic (exact) mass is 296 g/mol. The van der Waals surface area contributed by atoms with E-state index < -0.39 is 0 Å². The number of hydrogen-bond donors (Lipinski definition) is 0. The molecule has 0 N–H and O–H groups in total. The quantitative estimate of drug-likeness (QED) is 0.736. The first-order valence-corrected chi connectivity index (χ1v) is 7.38. The Morgan fingerprint density at radius 1 is 1.00 bits per heavy atom. The minimum absolute atomic E-state index is 0.328. The summed E-state index contributed by atoms with van der Waals surface area (Å²) in [4.78, 5) is 8.63. The molecule has 6 nitrogen and oxygen atoms in total. The van der Waals surface area contributed by atoms with Gasteiger partial charge in [-0.05, 0) is 30.4 Å². The zero-order valence-electron chi connectivity index (χ0n) is 12.5. The predicted molar refractivity (Wildman–Crippen MR) is 77.4 cm³/mol. The number of aromatic nitrogens is 4. The molecule has 1 fully saturated rings. The second-order valence-corrected chi connectivity index (χ2v) is 5.76. The van der Waals surface area contributed by atoms with Gasteiger partial charge in [0.1, 0.15) is 0 Å². The van der Waals surface area contributed by atoms with Gasteiger partial charge in [-0.2, -0.15) is 9.97 Å². The Kier molecular flexibility index (Phi) is 3.03. The second kappa shape index (κ2) is 5.05. The van der Waals surface area contributed by atoms with E-state index in [1.807, 2.05) is 0 Å². The van der Waals surface area contributed by atoms with Gasteiger partial charge in [-0.25, -0.2) is 0 Å². The maximum Gasteiger partial charge on any atom is 0.230 e. The van der Waals surface area contributed by atoms with Crippen molar-refractivity contribution < 1.29 is 9.05 Å².